The Labute approximate surface area is 196 Å². The van der Waals surface area contributed by atoms with E-state index in [4.69, 9.17) is 0 Å². The van der Waals surface area contributed by atoms with Gasteiger partial charge in [-0.3, -0.25) is 35.1 Å². The molecule has 176 valence electrons. The molecule has 0 amide bonds. The Hall–Kier alpha value is -5.00. The van der Waals surface area contributed by atoms with E-state index in [-0.39, 0.29) is 62.4 Å². The number of carbonyl (C=O) groups excluding carboxylic acids is 1. The van der Waals surface area contributed by atoms with Crippen LogP contribution in [0.3, 0.4) is 0 Å². The van der Waals surface area contributed by atoms with Gasteiger partial charge in [-0.15, -0.1) is 0 Å². The number of hydrogen-bond donors (Lipinski definition) is 1. The Balaban J connectivity index is 2.06. The van der Waals surface area contributed by atoms with Gasteiger partial charge >= 0.3 is 0 Å². The van der Waals surface area contributed by atoms with Crippen LogP contribution < -0.4 is 0 Å². The van der Waals surface area contributed by atoms with Crippen molar-refractivity contribution in [3.8, 4) is 16.9 Å². The maximum atomic E-state index is 12.4. The van der Waals surface area contributed by atoms with Gasteiger partial charge in [-0.1, -0.05) is 13.8 Å². The second-order valence-electron chi connectivity index (χ2n) is 8.07. The minimum absolute atomic E-state index is 0.00128. The summed E-state index contributed by atoms with van der Waals surface area (Å²) >= 11 is 0. The number of nitro benzene ring substituents is 3. The molecule has 1 aliphatic carbocycles. The molecule has 0 heterocycles. The number of carbonyl (C=O) groups is 1. The third-order valence-corrected chi connectivity index (χ3v) is 5.52. The minimum Gasteiger partial charge on any atom is -0.506 e. The Bertz CT molecular complexity index is 1490. The number of ketones is 1. The van der Waals surface area contributed by atoms with Crippen LogP contribution in [0.15, 0.2) is 53.5 Å². The summed E-state index contributed by atoms with van der Waals surface area (Å²) in [6, 6.07) is 9.53. The van der Waals surface area contributed by atoms with Gasteiger partial charge in [0.2, 0.25) is 0 Å². The molecule has 0 aromatic heterocycles. The van der Waals surface area contributed by atoms with Gasteiger partial charge in [-0.2, -0.15) is 0 Å². The van der Waals surface area contributed by atoms with Crippen LogP contribution in [-0.2, 0) is 0 Å². The van der Waals surface area contributed by atoms with Crippen LogP contribution in [0.5, 0.6) is 5.75 Å². The first kappa shape index (κ1) is 23.2. The van der Waals surface area contributed by atoms with Gasteiger partial charge in [-0.25, -0.2) is 4.99 Å². The maximum Gasteiger partial charge on any atom is 0.284 e. The van der Waals surface area contributed by atoms with Crippen molar-refractivity contribution in [2.75, 3.05) is 0 Å². The topological polar surface area (TPSA) is 179 Å². The summed E-state index contributed by atoms with van der Waals surface area (Å²) in [7, 11) is 0. The highest BCUT2D eigenvalue weighted by Gasteiger charge is 2.36. The largest absolute Gasteiger partial charge is 0.506 e. The van der Waals surface area contributed by atoms with Crippen LogP contribution in [0.25, 0.3) is 11.1 Å². The summed E-state index contributed by atoms with van der Waals surface area (Å²) in [5.74, 6) is -0.889. The Morgan fingerprint density at radius 1 is 0.829 bits per heavy atom. The normalized spacial score (nSPS) is 12.9. The molecule has 1 aliphatic rings. The molecule has 12 nitrogen and oxygen atoms in total. The van der Waals surface area contributed by atoms with Crippen molar-refractivity contribution < 1.29 is 24.7 Å². The Morgan fingerprint density at radius 2 is 1.49 bits per heavy atom. The fraction of sp³-hybridized carbons (Fsp3) is 0.130. The lowest BCUT2D eigenvalue weighted by Gasteiger charge is -2.08. The zero-order chi connectivity index (χ0) is 25.6. The van der Waals surface area contributed by atoms with Crippen molar-refractivity contribution >= 4 is 34.2 Å². The van der Waals surface area contributed by atoms with E-state index in [0.29, 0.717) is 0 Å². The number of phenolic OH excluding ortho intramolecular Hbond substituents is 1. The third kappa shape index (κ3) is 3.97. The van der Waals surface area contributed by atoms with Gasteiger partial charge < -0.3 is 5.11 Å². The SMILES string of the molecule is CC(C)C(=O)c1ccc(O)c(N=C2c3cc([N+](=O)[O-])ccc3-c3c2cc([N+](=O)[O-])cc3[N+](=O)[O-])c1. The molecule has 0 radical (unpaired) electrons. The quantitative estimate of drug-likeness (QED) is 0.226. The standard InChI is InChI=1S/C23H16N4O8/c1-11(2)23(29)12-3-6-20(28)18(7-12)24-22-16-8-13(25(30)31)4-5-15(16)21-17(22)9-14(26(32)33)10-19(21)27(34)35/h3-11,28H,1-2H3. The summed E-state index contributed by atoms with van der Waals surface area (Å²) in [6.45, 7) is 3.39. The molecule has 3 aromatic rings. The minimum atomic E-state index is -0.796. The predicted octanol–water partition coefficient (Wildman–Crippen LogP) is 5.11. The molecule has 0 spiro atoms. The summed E-state index contributed by atoms with van der Waals surface area (Å²) in [5.41, 5.74) is -0.979. The van der Waals surface area contributed by atoms with Gasteiger partial charge in [-0.05, 0) is 29.8 Å². The third-order valence-electron chi connectivity index (χ3n) is 5.52. The van der Waals surface area contributed by atoms with Crippen molar-refractivity contribution in [1.29, 1.82) is 0 Å². The number of fused-ring (bicyclic) bond motifs is 3. The van der Waals surface area contributed by atoms with Crippen LogP contribution >= 0.6 is 0 Å². The molecule has 0 fully saturated rings. The number of non-ortho nitro benzene ring substituents is 2. The number of aliphatic imine (C=N–C) groups is 1. The molecule has 12 heteroatoms. The highest BCUT2D eigenvalue weighted by molar-refractivity contribution is 6.27. The molecule has 0 atom stereocenters. The van der Waals surface area contributed by atoms with Crippen LogP contribution in [0.1, 0.15) is 35.3 Å². The maximum absolute atomic E-state index is 12.4. The molecule has 3 aromatic carbocycles. The fourth-order valence-electron chi connectivity index (χ4n) is 3.88. The average molecular weight is 476 g/mol. The first-order chi connectivity index (χ1) is 16.5. The van der Waals surface area contributed by atoms with E-state index in [1.807, 2.05) is 0 Å². The van der Waals surface area contributed by atoms with E-state index in [9.17, 15) is 40.2 Å². The molecule has 0 aliphatic heterocycles. The zero-order valence-corrected chi connectivity index (χ0v) is 18.3. The van der Waals surface area contributed by atoms with Gasteiger partial charge in [0.25, 0.3) is 17.1 Å². The van der Waals surface area contributed by atoms with Gasteiger partial charge in [0.15, 0.2) is 5.78 Å². The number of Topliss-reactive ketones (excluding diaryl/α,β-unsaturated/α-hetero) is 1. The van der Waals surface area contributed by atoms with Crippen LogP contribution in [0.2, 0.25) is 0 Å². The van der Waals surface area contributed by atoms with E-state index >= 15 is 0 Å². The fourth-order valence-corrected chi connectivity index (χ4v) is 3.88. The van der Waals surface area contributed by atoms with Gasteiger partial charge in [0.1, 0.15) is 11.4 Å². The molecule has 0 saturated carbocycles. The van der Waals surface area contributed by atoms with E-state index in [2.05, 4.69) is 4.99 Å². The highest BCUT2D eigenvalue weighted by Crippen LogP contribution is 2.46. The lowest BCUT2D eigenvalue weighted by Crippen LogP contribution is -2.07. The Morgan fingerprint density at radius 3 is 2.09 bits per heavy atom. The molecule has 0 unspecified atom stereocenters. The first-order valence-electron chi connectivity index (χ1n) is 10.2. The van der Waals surface area contributed by atoms with Crippen molar-refractivity contribution in [1.82, 2.24) is 0 Å². The molecular weight excluding hydrogens is 460 g/mol. The first-order valence-corrected chi connectivity index (χ1v) is 10.2. The number of nitro groups is 3. The molecule has 0 bridgehead atoms. The monoisotopic (exact) mass is 476 g/mol. The highest BCUT2D eigenvalue weighted by atomic mass is 16.6. The van der Waals surface area contributed by atoms with Gasteiger partial charge in [0.05, 0.1) is 32.1 Å². The Kier molecular flexibility index (Phi) is 5.57. The number of phenols is 1. The number of benzene rings is 3. The van der Waals surface area contributed by atoms with Crippen LogP contribution in [0.4, 0.5) is 22.7 Å². The number of nitrogens with zero attached hydrogens (tertiary/aromatic N) is 4. The number of rotatable bonds is 6. The van der Waals surface area contributed by atoms with Crippen molar-refractivity contribution in [2.45, 2.75) is 13.8 Å². The zero-order valence-electron chi connectivity index (χ0n) is 18.3. The molecular formula is C23H16N4O8. The summed E-state index contributed by atoms with van der Waals surface area (Å²) in [4.78, 5) is 49.2. The molecule has 4 rings (SSSR count). The number of aromatic hydroxyl groups is 1. The second-order valence-corrected chi connectivity index (χ2v) is 8.07. The molecule has 1 N–H and O–H groups in total. The lowest BCUT2D eigenvalue weighted by molar-refractivity contribution is -0.393. The number of hydrogen-bond acceptors (Lipinski definition) is 9. The smallest absolute Gasteiger partial charge is 0.284 e. The summed E-state index contributed by atoms with van der Waals surface area (Å²) < 4.78 is 0. The van der Waals surface area contributed by atoms with Crippen molar-refractivity contribution in [3.05, 3.63) is 95.6 Å². The van der Waals surface area contributed by atoms with Crippen molar-refractivity contribution in [2.24, 2.45) is 10.9 Å². The predicted molar refractivity (Wildman–Crippen MR) is 124 cm³/mol. The van der Waals surface area contributed by atoms with E-state index in [1.54, 1.807) is 13.8 Å². The van der Waals surface area contributed by atoms with Crippen LogP contribution in [0, 0.1) is 36.3 Å². The molecule has 35 heavy (non-hydrogen) atoms. The summed E-state index contributed by atoms with van der Waals surface area (Å²) in [5, 5.41) is 45.0. The van der Waals surface area contributed by atoms with Crippen LogP contribution in [-0.4, -0.2) is 31.4 Å². The second kappa shape index (κ2) is 8.41. The van der Waals surface area contributed by atoms with E-state index < -0.39 is 26.1 Å². The summed E-state index contributed by atoms with van der Waals surface area (Å²) in [6.07, 6.45) is 0. The molecule has 0 saturated heterocycles. The lowest BCUT2D eigenvalue weighted by atomic mass is 10.0. The van der Waals surface area contributed by atoms with Gasteiger partial charge in [0, 0.05) is 40.8 Å². The average Bonchev–Trinajstić information content (AvgIpc) is 3.11. The van der Waals surface area contributed by atoms with E-state index in [0.717, 1.165) is 24.3 Å². The van der Waals surface area contributed by atoms with E-state index in [1.165, 1.54) is 24.3 Å². The van der Waals surface area contributed by atoms with Crippen molar-refractivity contribution in [3.63, 3.8) is 0 Å².